The van der Waals surface area contributed by atoms with Crippen LogP contribution in [0.1, 0.15) is 16.1 Å². The first-order valence-electron chi connectivity index (χ1n) is 6.30. The molecule has 6 nitrogen and oxygen atoms in total. The fraction of sp³-hybridized carbons (Fsp3) is 0.214. The molecule has 8 heteroatoms. The molecule has 22 heavy (non-hydrogen) atoms. The van der Waals surface area contributed by atoms with E-state index in [0.717, 1.165) is 0 Å². The molecule has 1 N–H and O–H groups in total. The van der Waals surface area contributed by atoms with Crippen molar-refractivity contribution in [3.05, 3.63) is 45.7 Å². The highest BCUT2D eigenvalue weighted by Gasteiger charge is 2.21. The molecule has 2 rings (SSSR count). The quantitative estimate of drug-likeness (QED) is 0.867. The standard InChI is InChI=1S/C14H13Cl2N3O3/c1-8-12(13(16)19(2)18-8)14(21)22-7-11(20)17-10-5-3-4-9(15)6-10/h3-6H,7H2,1-2H3,(H,17,20). The second-order valence-electron chi connectivity index (χ2n) is 4.51. The van der Waals surface area contributed by atoms with Crippen molar-refractivity contribution in [3.63, 3.8) is 0 Å². The molecule has 1 amide bonds. The molecule has 1 heterocycles. The van der Waals surface area contributed by atoms with Crippen molar-refractivity contribution in [1.82, 2.24) is 9.78 Å². The average molecular weight is 342 g/mol. The number of hydrogen-bond donors (Lipinski definition) is 1. The van der Waals surface area contributed by atoms with Crippen LogP contribution in [0.2, 0.25) is 10.2 Å². The molecule has 0 aliphatic heterocycles. The third kappa shape index (κ3) is 3.78. The van der Waals surface area contributed by atoms with Crippen molar-refractivity contribution in [2.45, 2.75) is 6.92 Å². The number of nitrogens with zero attached hydrogens (tertiary/aromatic N) is 2. The zero-order chi connectivity index (χ0) is 16.3. The molecule has 0 spiro atoms. The Balaban J connectivity index is 1.95. The highest BCUT2D eigenvalue weighted by molar-refractivity contribution is 6.32. The number of benzene rings is 1. The third-order valence-electron chi connectivity index (χ3n) is 2.80. The Hall–Kier alpha value is -2.05. The highest BCUT2D eigenvalue weighted by Crippen LogP contribution is 2.19. The number of hydrogen-bond acceptors (Lipinski definition) is 4. The van der Waals surface area contributed by atoms with Crippen molar-refractivity contribution < 1.29 is 14.3 Å². The first-order chi connectivity index (χ1) is 10.4. The lowest BCUT2D eigenvalue weighted by molar-refractivity contribution is -0.119. The van der Waals surface area contributed by atoms with Crippen LogP contribution in [0.25, 0.3) is 0 Å². The summed E-state index contributed by atoms with van der Waals surface area (Å²) in [7, 11) is 1.61. The Labute approximate surface area is 137 Å². The molecule has 0 aliphatic rings. The molecule has 116 valence electrons. The van der Waals surface area contributed by atoms with Crippen LogP contribution in [0, 0.1) is 6.92 Å². The van der Waals surface area contributed by atoms with Gasteiger partial charge in [-0.1, -0.05) is 29.3 Å². The Bertz CT molecular complexity index is 728. The van der Waals surface area contributed by atoms with E-state index in [1.165, 1.54) is 4.68 Å². The number of ether oxygens (including phenoxy) is 1. The van der Waals surface area contributed by atoms with Gasteiger partial charge >= 0.3 is 5.97 Å². The van der Waals surface area contributed by atoms with Gasteiger partial charge in [0, 0.05) is 17.8 Å². The lowest BCUT2D eigenvalue weighted by Crippen LogP contribution is -2.21. The normalized spacial score (nSPS) is 10.4. The van der Waals surface area contributed by atoms with Crippen LogP contribution >= 0.6 is 23.2 Å². The van der Waals surface area contributed by atoms with Gasteiger partial charge in [-0.3, -0.25) is 9.48 Å². The largest absolute Gasteiger partial charge is 0.452 e. The Kier molecular flexibility index (Phi) is 5.05. The Morgan fingerprint density at radius 2 is 2.09 bits per heavy atom. The first kappa shape index (κ1) is 16.3. The number of rotatable bonds is 4. The number of aryl methyl sites for hydroxylation is 2. The first-order valence-corrected chi connectivity index (χ1v) is 7.05. The van der Waals surface area contributed by atoms with Crippen LogP contribution in [0.5, 0.6) is 0 Å². The second kappa shape index (κ2) is 6.81. The van der Waals surface area contributed by atoms with Crippen molar-refractivity contribution in [2.24, 2.45) is 7.05 Å². The fourth-order valence-corrected chi connectivity index (χ4v) is 2.27. The van der Waals surface area contributed by atoms with E-state index in [4.69, 9.17) is 27.9 Å². The molecule has 0 aliphatic carbocycles. The van der Waals surface area contributed by atoms with Gasteiger partial charge in [0.05, 0.1) is 5.69 Å². The summed E-state index contributed by atoms with van der Waals surface area (Å²) in [6.07, 6.45) is 0. The van der Waals surface area contributed by atoms with E-state index in [-0.39, 0.29) is 10.7 Å². The SMILES string of the molecule is Cc1nn(C)c(Cl)c1C(=O)OCC(=O)Nc1cccc(Cl)c1. The van der Waals surface area contributed by atoms with E-state index in [2.05, 4.69) is 10.4 Å². The van der Waals surface area contributed by atoms with Crippen molar-refractivity contribution in [3.8, 4) is 0 Å². The Morgan fingerprint density at radius 3 is 2.68 bits per heavy atom. The lowest BCUT2D eigenvalue weighted by atomic mass is 10.3. The molecule has 1 aromatic carbocycles. The number of nitrogens with one attached hydrogen (secondary N) is 1. The van der Waals surface area contributed by atoms with Crippen molar-refractivity contribution >= 4 is 40.8 Å². The topological polar surface area (TPSA) is 73.2 Å². The molecule has 0 saturated carbocycles. The van der Waals surface area contributed by atoms with E-state index in [9.17, 15) is 9.59 Å². The van der Waals surface area contributed by atoms with Crippen LogP contribution in [0.3, 0.4) is 0 Å². The average Bonchev–Trinajstić information content (AvgIpc) is 2.70. The van der Waals surface area contributed by atoms with Gasteiger partial charge in [0.25, 0.3) is 5.91 Å². The minimum atomic E-state index is -0.697. The number of anilines is 1. The summed E-state index contributed by atoms with van der Waals surface area (Å²) >= 11 is 11.8. The van der Waals surface area contributed by atoms with E-state index in [1.54, 1.807) is 38.2 Å². The monoisotopic (exact) mass is 341 g/mol. The van der Waals surface area contributed by atoms with Crippen LogP contribution < -0.4 is 5.32 Å². The number of amides is 1. The van der Waals surface area contributed by atoms with E-state index < -0.39 is 18.5 Å². The van der Waals surface area contributed by atoms with Gasteiger partial charge in [-0.2, -0.15) is 5.10 Å². The maximum absolute atomic E-state index is 11.9. The maximum atomic E-state index is 11.9. The van der Waals surface area contributed by atoms with Crippen molar-refractivity contribution in [1.29, 1.82) is 0 Å². The van der Waals surface area contributed by atoms with Crippen LogP contribution in [-0.2, 0) is 16.6 Å². The molecule has 0 fully saturated rings. The van der Waals surface area contributed by atoms with Gasteiger partial charge in [-0.15, -0.1) is 0 Å². The molecule has 0 atom stereocenters. The van der Waals surface area contributed by atoms with Crippen LogP contribution in [-0.4, -0.2) is 28.3 Å². The number of carbonyl (C=O) groups excluding carboxylic acids is 2. The van der Waals surface area contributed by atoms with Crippen LogP contribution in [0.4, 0.5) is 5.69 Å². The minimum Gasteiger partial charge on any atom is -0.452 e. The molecule has 0 bridgehead atoms. The molecule has 2 aromatic rings. The highest BCUT2D eigenvalue weighted by atomic mass is 35.5. The summed E-state index contributed by atoms with van der Waals surface area (Å²) < 4.78 is 6.31. The molecule has 0 unspecified atom stereocenters. The smallest absolute Gasteiger partial charge is 0.343 e. The molecular formula is C14H13Cl2N3O3. The molecule has 0 saturated heterocycles. The lowest BCUT2D eigenvalue weighted by Gasteiger charge is -2.06. The predicted octanol–water partition coefficient (Wildman–Crippen LogP) is 2.83. The van der Waals surface area contributed by atoms with Gasteiger partial charge in [0.15, 0.2) is 6.61 Å². The summed E-state index contributed by atoms with van der Waals surface area (Å²) in [6, 6.07) is 6.64. The zero-order valence-electron chi connectivity index (χ0n) is 11.9. The number of aromatic nitrogens is 2. The van der Waals surface area contributed by atoms with Gasteiger partial charge in [0.1, 0.15) is 10.7 Å². The van der Waals surface area contributed by atoms with E-state index in [0.29, 0.717) is 16.4 Å². The summed E-state index contributed by atoms with van der Waals surface area (Å²) in [4.78, 5) is 23.7. The van der Waals surface area contributed by atoms with Gasteiger partial charge < -0.3 is 10.1 Å². The van der Waals surface area contributed by atoms with Crippen molar-refractivity contribution in [2.75, 3.05) is 11.9 Å². The fourth-order valence-electron chi connectivity index (χ4n) is 1.83. The van der Waals surface area contributed by atoms with E-state index in [1.807, 2.05) is 0 Å². The third-order valence-corrected chi connectivity index (χ3v) is 3.47. The van der Waals surface area contributed by atoms with Crippen LogP contribution in [0.15, 0.2) is 24.3 Å². The molecular weight excluding hydrogens is 329 g/mol. The van der Waals surface area contributed by atoms with Gasteiger partial charge in [-0.25, -0.2) is 4.79 Å². The van der Waals surface area contributed by atoms with Gasteiger partial charge in [-0.05, 0) is 25.1 Å². The number of carbonyl (C=O) groups is 2. The summed E-state index contributed by atoms with van der Waals surface area (Å²) in [6.45, 7) is 1.20. The summed E-state index contributed by atoms with van der Waals surface area (Å²) in [5, 5.41) is 7.23. The summed E-state index contributed by atoms with van der Waals surface area (Å²) in [5.41, 5.74) is 1.11. The predicted molar refractivity (Wildman–Crippen MR) is 83.3 cm³/mol. The molecule has 0 radical (unpaired) electrons. The maximum Gasteiger partial charge on any atom is 0.343 e. The summed E-state index contributed by atoms with van der Waals surface area (Å²) in [5.74, 6) is -1.18. The minimum absolute atomic E-state index is 0.153. The number of esters is 1. The Morgan fingerprint density at radius 1 is 1.36 bits per heavy atom. The molecule has 1 aromatic heterocycles. The second-order valence-corrected chi connectivity index (χ2v) is 5.30. The van der Waals surface area contributed by atoms with E-state index >= 15 is 0 Å². The number of halogens is 2. The van der Waals surface area contributed by atoms with Gasteiger partial charge in [0.2, 0.25) is 0 Å². The zero-order valence-corrected chi connectivity index (χ0v) is 13.4.